The van der Waals surface area contributed by atoms with Gasteiger partial charge in [-0.1, -0.05) is 12.1 Å². The molecule has 0 bridgehead atoms. The average Bonchev–Trinajstić information content (AvgIpc) is 3.11. The molecular weight excluding hydrogens is 411 g/mol. The van der Waals surface area contributed by atoms with Crippen LogP contribution in [0.5, 0.6) is 0 Å². The van der Waals surface area contributed by atoms with Crippen molar-refractivity contribution >= 4 is 17.6 Å². The lowest BCUT2D eigenvalue weighted by atomic mass is 10.1. The van der Waals surface area contributed by atoms with E-state index >= 15 is 0 Å². The van der Waals surface area contributed by atoms with Crippen LogP contribution in [-0.4, -0.2) is 28.1 Å². The Balaban J connectivity index is 1.56. The number of rotatable bonds is 8. The number of benzene rings is 2. The third-order valence-corrected chi connectivity index (χ3v) is 4.81. The minimum Gasteiger partial charge on any atom is -0.382 e. The number of hydrogen-bond donors (Lipinski definition) is 3. The molecule has 0 unspecified atom stereocenters. The zero-order chi connectivity index (χ0) is 23.1. The molecule has 2 amide bonds. The van der Waals surface area contributed by atoms with Crippen molar-refractivity contribution in [2.24, 2.45) is 0 Å². The Morgan fingerprint density at radius 1 is 1.12 bits per heavy atom. The van der Waals surface area contributed by atoms with Gasteiger partial charge in [0.05, 0.1) is 11.4 Å². The number of anilines is 1. The Kier molecular flexibility index (Phi) is 7.18. The second-order valence-corrected chi connectivity index (χ2v) is 7.17. The first-order chi connectivity index (χ1) is 15.4. The predicted octanol–water partition coefficient (Wildman–Crippen LogP) is 2.46. The first-order valence-corrected chi connectivity index (χ1v) is 10.0. The van der Waals surface area contributed by atoms with Crippen LogP contribution >= 0.6 is 0 Å². The van der Waals surface area contributed by atoms with Crippen LogP contribution in [0, 0.1) is 17.1 Å². The largest absolute Gasteiger partial charge is 0.382 e. The van der Waals surface area contributed by atoms with Gasteiger partial charge in [-0.3, -0.25) is 9.59 Å². The van der Waals surface area contributed by atoms with Crippen LogP contribution in [-0.2, 0) is 17.8 Å². The van der Waals surface area contributed by atoms with Crippen LogP contribution in [0.2, 0.25) is 0 Å². The summed E-state index contributed by atoms with van der Waals surface area (Å²) in [4.78, 5) is 23.3. The first-order valence-electron chi connectivity index (χ1n) is 10.0. The minimum absolute atomic E-state index is 0.115. The molecule has 3 aromatic rings. The van der Waals surface area contributed by atoms with E-state index in [1.54, 1.807) is 24.3 Å². The van der Waals surface area contributed by atoms with E-state index in [0.717, 1.165) is 5.56 Å². The third-order valence-electron chi connectivity index (χ3n) is 4.81. The zero-order valence-electron chi connectivity index (χ0n) is 17.6. The van der Waals surface area contributed by atoms with Crippen molar-refractivity contribution in [3.63, 3.8) is 0 Å². The maximum atomic E-state index is 13.2. The summed E-state index contributed by atoms with van der Waals surface area (Å²) in [6, 6.07) is 14.7. The van der Waals surface area contributed by atoms with Crippen LogP contribution in [0.3, 0.4) is 0 Å². The van der Waals surface area contributed by atoms with E-state index in [2.05, 4.69) is 21.8 Å². The topological polar surface area (TPSA) is 126 Å². The van der Waals surface area contributed by atoms with E-state index in [9.17, 15) is 19.2 Å². The summed E-state index contributed by atoms with van der Waals surface area (Å²) < 4.78 is 14.6. The summed E-state index contributed by atoms with van der Waals surface area (Å²) in [5.41, 5.74) is 8.82. The third kappa shape index (κ3) is 5.49. The average molecular weight is 434 g/mol. The molecular formula is C23H23FN6O2. The fraction of sp³-hybridized carbons (Fsp3) is 0.217. The number of carbonyl (C=O) groups is 2. The van der Waals surface area contributed by atoms with E-state index < -0.39 is 0 Å². The molecule has 0 radical (unpaired) electrons. The molecule has 3 rings (SSSR count). The van der Waals surface area contributed by atoms with Gasteiger partial charge >= 0.3 is 0 Å². The summed E-state index contributed by atoms with van der Waals surface area (Å²) in [5, 5.41) is 19.4. The summed E-state index contributed by atoms with van der Waals surface area (Å²) in [6.07, 6.45) is 0.998. The minimum atomic E-state index is -0.377. The van der Waals surface area contributed by atoms with E-state index in [-0.39, 0.29) is 29.0 Å². The fourth-order valence-corrected chi connectivity index (χ4v) is 3.11. The van der Waals surface area contributed by atoms with Gasteiger partial charge in [-0.25, -0.2) is 9.07 Å². The van der Waals surface area contributed by atoms with Gasteiger partial charge in [-0.15, -0.1) is 0 Å². The number of halogens is 1. The standard InChI is InChI=1S/C23H23FN6O2/c1-15(31)28-14-16-4-6-17(7-5-16)23(32)27-12-2-3-21-20(13-25)22(26)30(29-21)19-10-8-18(24)9-11-19/h4-11H,2-3,12,14,26H2,1H3,(H,27,32)(H,28,31). The number of nitriles is 1. The SMILES string of the molecule is CC(=O)NCc1ccc(C(=O)NCCCc2nn(-c3ccc(F)cc3)c(N)c2C#N)cc1. The lowest BCUT2D eigenvalue weighted by Gasteiger charge is -2.06. The molecule has 8 nitrogen and oxygen atoms in total. The van der Waals surface area contributed by atoms with Gasteiger partial charge in [0.15, 0.2) is 0 Å². The molecule has 0 atom stereocenters. The summed E-state index contributed by atoms with van der Waals surface area (Å²) in [6.45, 7) is 2.25. The highest BCUT2D eigenvalue weighted by molar-refractivity contribution is 5.94. The highest BCUT2D eigenvalue weighted by Gasteiger charge is 2.16. The Labute approximate surface area is 184 Å². The van der Waals surface area contributed by atoms with Crippen molar-refractivity contribution in [1.29, 1.82) is 5.26 Å². The smallest absolute Gasteiger partial charge is 0.251 e. The van der Waals surface area contributed by atoms with E-state index in [1.165, 1.54) is 35.9 Å². The number of nitrogens with zero attached hydrogens (tertiary/aromatic N) is 3. The van der Waals surface area contributed by atoms with Crippen LogP contribution in [0.4, 0.5) is 10.2 Å². The highest BCUT2D eigenvalue weighted by atomic mass is 19.1. The molecule has 0 spiro atoms. The molecule has 1 aromatic heterocycles. The number of aromatic nitrogens is 2. The maximum Gasteiger partial charge on any atom is 0.251 e. The van der Waals surface area contributed by atoms with Crippen molar-refractivity contribution in [2.45, 2.75) is 26.3 Å². The molecule has 4 N–H and O–H groups in total. The summed E-state index contributed by atoms with van der Waals surface area (Å²) >= 11 is 0. The first kappa shape index (κ1) is 22.5. The van der Waals surface area contributed by atoms with E-state index in [4.69, 9.17) is 5.73 Å². The van der Waals surface area contributed by atoms with Crippen LogP contribution in [0.1, 0.15) is 40.5 Å². The van der Waals surface area contributed by atoms with Crippen LogP contribution < -0.4 is 16.4 Å². The number of nitrogens with one attached hydrogen (secondary N) is 2. The molecule has 1 heterocycles. The number of nitrogens with two attached hydrogens (primary N) is 1. The monoisotopic (exact) mass is 434 g/mol. The van der Waals surface area contributed by atoms with Gasteiger partial charge in [0.1, 0.15) is 23.3 Å². The lowest BCUT2D eigenvalue weighted by Crippen LogP contribution is -2.25. The quantitative estimate of drug-likeness (QED) is 0.470. The van der Waals surface area contributed by atoms with Gasteiger partial charge in [0.2, 0.25) is 5.91 Å². The Hall–Kier alpha value is -4.19. The van der Waals surface area contributed by atoms with Crippen molar-refractivity contribution in [3.05, 3.63) is 76.7 Å². The maximum absolute atomic E-state index is 13.2. The summed E-state index contributed by atoms with van der Waals surface area (Å²) in [5.74, 6) is -0.514. The van der Waals surface area contributed by atoms with Gasteiger partial charge in [-0.2, -0.15) is 10.4 Å². The highest BCUT2D eigenvalue weighted by Crippen LogP contribution is 2.21. The number of nitrogen functional groups attached to an aromatic ring is 1. The molecule has 9 heteroatoms. The predicted molar refractivity (Wildman–Crippen MR) is 117 cm³/mol. The van der Waals surface area contributed by atoms with Crippen molar-refractivity contribution in [3.8, 4) is 11.8 Å². The number of aryl methyl sites for hydroxylation is 1. The molecule has 0 saturated carbocycles. The number of hydrogen-bond acceptors (Lipinski definition) is 5. The van der Waals surface area contributed by atoms with Gasteiger partial charge in [0.25, 0.3) is 5.91 Å². The van der Waals surface area contributed by atoms with Gasteiger partial charge < -0.3 is 16.4 Å². The Morgan fingerprint density at radius 3 is 2.44 bits per heavy atom. The second kappa shape index (κ2) is 10.2. The van der Waals surface area contributed by atoms with Crippen LogP contribution in [0.15, 0.2) is 48.5 Å². The van der Waals surface area contributed by atoms with Gasteiger partial charge in [-0.05, 0) is 54.8 Å². The van der Waals surface area contributed by atoms with Gasteiger partial charge in [0, 0.05) is 25.6 Å². The lowest BCUT2D eigenvalue weighted by molar-refractivity contribution is -0.119. The molecule has 0 aliphatic rings. The molecule has 0 aliphatic heterocycles. The van der Waals surface area contributed by atoms with E-state index in [0.29, 0.717) is 42.9 Å². The van der Waals surface area contributed by atoms with Crippen molar-refractivity contribution in [1.82, 2.24) is 20.4 Å². The van der Waals surface area contributed by atoms with Crippen LogP contribution in [0.25, 0.3) is 5.69 Å². The number of amides is 2. The number of carbonyl (C=O) groups excluding carboxylic acids is 2. The Bertz CT molecular complexity index is 1150. The normalized spacial score (nSPS) is 10.4. The molecule has 0 fully saturated rings. The molecule has 32 heavy (non-hydrogen) atoms. The fourth-order valence-electron chi connectivity index (χ4n) is 3.11. The Morgan fingerprint density at radius 2 is 1.81 bits per heavy atom. The molecule has 0 aliphatic carbocycles. The van der Waals surface area contributed by atoms with Crippen molar-refractivity contribution in [2.75, 3.05) is 12.3 Å². The van der Waals surface area contributed by atoms with E-state index in [1.807, 2.05) is 0 Å². The van der Waals surface area contributed by atoms with Crippen molar-refractivity contribution < 1.29 is 14.0 Å². The summed E-state index contributed by atoms with van der Waals surface area (Å²) in [7, 11) is 0. The second-order valence-electron chi connectivity index (χ2n) is 7.17. The molecule has 2 aromatic carbocycles. The zero-order valence-corrected chi connectivity index (χ0v) is 17.6. The molecule has 0 saturated heterocycles. The molecule has 164 valence electrons.